The SMILES string of the molecule is COCC[Si]1(C)O[Si](C)(CCOC)O[Si](C)(CCOC)O1. The molecule has 1 saturated heterocycles. The molecule has 0 aromatic heterocycles. The topological polar surface area (TPSA) is 55.4 Å². The summed E-state index contributed by atoms with van der Waals surface area (Å²) in [4.78, 5) is 0. The predicted octanol–water partition coefficient (Wildman–Crippen LogP) is 2.21. The van der Waals surface area contributed by atoms with Crippen LogP contribution in [0.15, 0.2) is 0 Å². The molecule has 126 valence electrons. The zero-order chi connectivity index (χ0) is 16.0. The van der Waals surface area contributed by atoms with E-state index in [9.17, 15) is 0 Å². The highest BCUT2D eigenvalue weighted by Crippen LogP contribution is 2.36. The molecule has 0 bridgehead atoms. The van der Waals surface area contributed by atoms with Crippen molar-refractivity contribution >= 4 is 25.7 Å². The fourth-order valence-electron chi connectivity index (χ4n) is 2.60. The quantitative estimate of drug-likeness (QED) is 0.592. The zero-order valence-corrected chi connectivity index (χ0v) is 17.2. The Kier molecular flexibility index (Phi) is 7.70. The summed E-state index contributed by atoms with van der Waals surface area (Å²) in [6, 6.07) is 2.49. The summed E-state index contributed by atoms with van der Waals surface area (Å²) in [6.07, 6.45) is 0. The fraction of sp³-hybridized carbons (Fsp3) is 1.00. The highest BCUT2D eigenvalue weighted by molar-refractivity contribution is 6.93. The zero-order valence-electron chi connectivity index (χ0n) is 14.2. The van der Waals surface area contributed by atoms with Gasteiger partial charge in [-0.3, -0.25) is 0 Å². The van der Waals surface area contributed by atoms with Crippen LogP contribution in [0.25, 0.3) is 0 Å². The van der Waals surface area contributed by atoms with Crippen molar-refractivity contribution in [2.75, 3.05) is 41.2 Å². The highest BCUT2D eigenvalue weighted by atomic mass is 28.5. The number of hydrogen-bond donors (Lipinski definition) is 0. The standard InChI is InChI=1S/C12H30O6Si3/c1-13-7-10-19(4)16-20(5,11-8-14-2)18-21(6,17-19)12-9-15-3/h7-12H2,1-6H3. The van der Waals surface area contributed by atoms with Gasteiger partial charge in [-0.25, -0.2) is 0 Å². The van der Waals surface area contributed by atoms with E-state index in [-0.39, 0.29) is 0 Å². The summed E-state index contributed by atoms with van der Waals surface area (Å²) >= 11 is 0. The van der Waals surface area contributed by atoms with Crippen molar-refractivity contribution in [2.45, 2.75) is 37.8 Å². The Morgan fingerprint density at radius 3 is 1.00 bits per heavy atom. The van der Waals surface area contributed by atoms with Crippen LogP contribution < -0.4 is 0 Å². The second-order valence-corrected chi connectivity index (χ2v) is 16.7. The fourth-order valence-corrected chi connectivity index (χ4v) is 19.4. The minimum atomic E-state index is -2.27. The molecule has 1 aliphatic heterocycles. The maximum atomic E-state index is 6.41. The largest absolute Gasteiger partial charge is 0.415 e. The van der Waals surface area contributed by atoms with Gasteiger partial charge in [-0.1, -0.05) is 0 Å². The van der Waals surface area contributed by atoms with Crippen molar-refractivity contribution in [2.24, 2.45) is 0 Å². The van der Waals surface area contributed by atoms with Gasteiger partial charge >= 0.3 is 25.7 Å². The van der Waals surface area contributed by atoms with Crippen LogP contribution in [-0.4, -0.2) is 66.8 Å². The number of hydrogen-bond acceptors (Lipinski definition) is 6. The van der Waals surface area contributed by atoms with Gasteiger partial charge in [0.1, 0.15) is 0 Å². The second kappa shape index (κ2) is 8.32. The van der Waals surface area contributed by atoms with Gasteiger partial charge in [0.2, 0.25) is 0 Å². The Balaban J connectivity index is 2.86. The minimum absolute atomic E-state index is 0.659. The Morgan fingerprint density at radius 1 is 0.571 bits per heavy atom. The molecule has 21 heavy (non-hydrogen) atoms. The van der Waals surface area contributed by atoms with Gasteiger partial charge in [0.15, 0.2) is 0 Å². The number of rotatable bonds is 9. The summed E-state index contributed by atoms with van der Waals surface area (Å²) in [6.45, 7) is 8.37. The van der Waals surface area contributed by atoms with Gasteiger partial charge < -0.3 is 26.6 Å². The summed E-state index contributed by atoms with van der Waals surface area (Å²) in [5.41, 5.74) is 0. The molecule has 6 nitrogen and oxygen atoms in total. The number of ether oxygens (including phenoxy) is 3. The smallest absolute Gasteiger partial charge is 0.319 e. The lowest BCUT2D eigenvalue weighted by Gasteiger charge is -2.50. The maximum absolute atomic E-state index is 6.41. The van der Waals surface area contributed by atoms with Crippen LogP contribution in [0.1, 0.15) is 0 Å². The van der Waals surface area contributed by atoms with Crippen LogP contribution in [0, 0.1) is 0 Å². The Hall–Kier alpha value is 0.411. The average Bonchev–Trinajstić information content (AvgIpc) is 2.39. The Morgan fingerprint density at radius 2 is 0.810 bits per heavy atom. The van der Waals surface area contributed by atoms with E-state index in [0.29, 0.717) is 19.8 Å². The molecule has 0 saturated carbocycles. The summed E-state index contributed by atoms with van der Waals surface area (Å²) < 4.78 is 34.9. The molecule has 0 spiro atoms. The Labute approximate surface area is 131 Å². The minimum Gasteiger partial charge on any atom is -0.415 e. The Bertz CT molecular complexity index is 264. The van der Waals surface area contributed by atoms with E-state index in [1.165, 1.54) is 0 Å². The first-order valence-electron chi connectivity index (χ1n) is 7.38. The van der Waals surface area contributed by atoms with E-state index in [0.717, 1.165) is 18.1 Å². The molecule has 1 rings (SSSR count). The summed E-state index contributed by atoms with van der Waals surface area (Å²) in [7, 11) is -1.67. The van der Waals surface area contributed by atoms with Gasteiger partial charge in [-0.05, 0) is 19.6 Å². The van der Waals surface area contributed by atoms with Crippen LogP contribution in [0.5, 0.6) is 0 Å². The molecule has 1 heterocycles. The predicted molar refractivity (Wildman–Crippen MR) is 88.2 cm³/mol. The molecule has 1 fully saturated rings. The highest BCUT2D eigenvalue weighted by Gasteiger charge is 2.56. The van der Waals surface area contributed by atoms with Crippen LogP contribution in [0.2, 0.25) is 37.8 Å². The van der Waals surface area contributed by atoms with Gasteiger partial charge in [0, 0.05) is 59.3 Å². The van der Waals surface area contributed by atoms with E-state index < -0.39 is 25.7 Å². The van der Waals surface area contributed by atoms with E-state index in [1.54, 1.807) is 21.3 Å². The molecule has 0 amide bonds. The van der Waals surface area contributed by atoms with Crippen LogP contribution in [0.3, 0.4) is 0 Å². The molecule has 0 aromatic rings. The van der Waals surface area contributed by atoms with E-state index in [2.05, 4.69) is 19.6 Å². The molecule has 0 unspecified atom stereocenters. The first kappa shape index (κ1) is 19.5. The van der Waals surface area contributed by atoms with Gasteiger partial charge in [-0.15, -0.1) is 0 Å². The monoisotopic (exact) mass is 354 g/mol. The van der Waals surface area contributed by atoms with Crippen LogP contribution in [-0.2, 0) is 26.6 Å². The van der Waals surface area contributed by atoms with Crippen molar-refractivity contribution in [3.8, 4) is 0 Å². The average molecular weight is 355 g/mol. The second-order valence-electron chi connectivity index (χ2n) is 5.94. The van der Waals surface area contributed by atoms with E-state index >= 15 is 0 Å². The lowest BCUT2D eigenvalue weighted by molar-refractivity contribution is 0.164. The van der Waals surface area contributed by atoms with Gasteiger partial charge in [0.05, 0.1) is 0 Å². The van der Waals surface area contributed by atoms with Gasteiger partial charge in [-0.2, -0.15) is 0 Å². The molecule has 0 atom stereocenters. The summed E-state index contributed by atoms with van der Waals surface area (Å²) in [5, 5.41) is 0. The third kappa shape index (κ3) is 6.20. The third-order valence-corrected chi connectivity index (χ3v) is 17.3. The molecular weight excluding hydrogens is 324 g/mol. The third-order valence-electron chi connectivity index (χ3n) is 3.58. The molecule has 0 radical (unpaired) electrons. The van der Waals surface area contributed by atoms with Crippen molar-refractivity contribution in [3.63, 3.8) is 0 Å². The van der Waals surface area contributed by atoms with E-state index in [1.807, 2.05) is 0 Å². The lowest BCUT2D eigenvalue weighted by atomic mass is 10.9. The molecular formula is C12H30O6Si3. The summed E-state index contributed by atoms with van der Waals surface area (Å²) in [5.74, 6) is 0. The first-order valence-corrected chi connectivity index (χ1v) is 14.9. The first-order chi connectivity index (χ1) is 9.80. The van der Waals surface area contributed by atoms with Crippen LogP contribution in [0.4, 0.5) is 0 Å². The van der Waals surface area contributed by atoms with Crippen molar-refractivity contribution in [1.29, 1.82) is 0 Å². The van der Waals surface area contributed by atoms with E-state index in [4.69, 9.17) is 26.6 Å². The normalized spacial score (nSPS) is 36.9. The van der Waals surface area contributed by atoms with Crippen LogP contribution >= 0.6 is 0 Å². The molecule has 1 aliphatic rings. The lowest BCUT2D eigenvalue weighted by Crippen LogP contribution is -2.68. The molecule has 9 heteroatoms. The van der Waals surface area contributed by atoms with Crippen molar-refractivity contribution in [1.82, 2.24) is 0 Å². The molecule has 0 aromatic carbocycles. The molecule has 0 aliphatic carbocycles. The number of methoxy groups -OCH3 is 3. The molecule has 0 N–H and O–H groups in total. The van der Waals surface area contributed by atoms with Gasteiger partial charge in [0.25, 0.3) is 0 Å². The van der Waals surface area contributed by atoms with Crippen molar-refractivity contribution < 1.29 is 26.6 Å². The maximum Gasteiger partial charge on any atom is 0.319 e. The van der Waals surface area contributed by atoms with Crippen molar-refractivity contribution in [3.05, 3.63) is 0 Å².